The Morgan fingerprint density at radius 2 is 1.56 bits per heavy atom. The van der Waals surface area contributed by atoms with Crippen LogP contribution in [0, 0.1) is 33.5 Å². The Labute approximate surface area is 112 Å². The number of aliphatic hydroxyl groups excluding tert-OH is 1. The quantitative estimate of drug-likeness (QED) is 0.761. The summed E-state index contributed by atoms with van der Waals surface area (Å²) in [6.45, 7) is 12.9. The molecule has 1 aliphatic carbocycles. The molecule has 2 heteroatoms. The van der Waals surface area contributed by atoms with Crippen molar-refractivity contribution >= 4 is 0 Å². The molecule has 0 aromatic heterocycles. The molecule has 0 aliphatic heterocycles. The summed E-state index contributed by atoms with van der Waals surface area (Å²) in [4.78, 5) is 0. The molecular formula is C16H29NO. The van der Waals surface area contributed by atoms with Crippen LogP contribution in [-0.2, 0) is 0 Å². The van der Waals surface area contributed by atoms with Crippen molar-refractivity contribution < 1.29 is 5.11 Å². The molecule has 1 N–H and O–H groups in total. The predicted octanol–water partition coefficient (Wildman–Crippen LogP) is 4.14. The Morgan fingerprint density at radius 3 is 1.83 bits per heavy atom. The van der Waals surface area contributed by atoms with E-state index in [-0.39, 0.29) is 5.41 Å². The zero-order chi connectivity index (χ0) is 14.2. The zero-order valence-corrected chi connectivity index (χ0v) is 12.9. The van der Waals surface area contributed by atoms with Gasteiger partial charge in [-0.25, -0.2) is 0 Å². The standard InChI is InChI=1S/C16H29NO/c1-14(2,3)12-7-9-16(11-17,10-8-12)13(18)15(4,5)6/h12-13,18H,7-10H2,1-6H3. The molecule has 0 spiro atoms. The Kier molecular flexibility index (Phi) is 4.18. The molecule has 0 radical (unpaired) electrons. The van der Waals surface area contributed by atoms with Crippen molar-refractivity contribution in [2.75, 3.05) is 0 Å². The fraction of sp³-hybridized carbons (Fsp3) is 0.938. The molecule has 0 aromatic rings. The van der Waals surface area contributed by atoms with Crippen molar-refractivity contribution in [3.05, 3.63) is 0 Å². The summed E-state index contributed by atoms with van der Waals surface area (Å²) in [7, 11) is 0. The molecule has 0 aromatic carbocycles. The van der Waals surface area contributed by atoms with Crippen LogP contribution in [0.15, 0.2) is 0 Å². The third kappa shape index (κ3) is 3.06. The highest BCUT2D eigenvalue weighted by atomic mass is 16.3. The summed E-state index contributed by atoms with van der Waals surface area (Å²) >= 11 is 0. The van der Waals surface area contributed by atoms with Gasteiger partial charge in [0.05, 0.1) is 17.6 Å². The van der Waals surface area contributed by atoms with Gasteiger partial charge in [-0.15, -0.1) is 0 Å². The molecule has 0 heterocycles. The van der Waals surface area contributed by atoms with E-state index < -0.39 is 11.5 Å². The van der Waals surface area contributed by atoms with Crippen LogP contribution in [0.4, 0.5) is 0 Å². The second kappa shape index (κ2) is 4.85. The number of rotatable bonds is 1. The molecule has 1 atom stereocenters. The van der Waals surface area contributed by atoms with Crippen LogP contribution in [0.25, 0.3) is 0 Å². The smallest absolute Gasteiger partial charge is 0.0837 e. The second-order valence-corrected chi connectivity index (χ2v) is 8.18. The lowest BCUT2D eigenvalue weighted by Gasteiger charge is -2.46. The van der Waals surface area contributed by atoms with E-state index in [9.17, 15) is 10.4 Å². The Bertz CT molecular complexity index is 318. The molecule has 1 rings (SSSR count). The highest BCUT2D eigenvalue weighted by molar-refractivity contribution is 5.09. The van der Waals surface area contributed by atoms with Gasteiger partial charge in [0.25, 0.3) is 0 Å². The van der Waals surface area contributed by atoms with E-state index >= 15 is 0 Å². The highest BCUT2D eigenvalue weighted by Crippen LogP contribution is 2.49. The Hall–Kier alpha value is -0.550. The third-order valence-electron chi connectivity index (χ3n) is 4.67. The first kappa shape index (κ1) is 15.5. The van der Waals surface area contributed by atoms with Crippen molar-refractivity contribution in [1.82, 2.24) is 0 Å². The largest absolute Gasteiger partial charge is 0.391 e. The van der Waals surface area contributed by atoms with E-state index in [2.05, 4.69) is 26.8 Å². The average Bonchev–Trinajstić information content (AvgIpc) is 2.25. The lowest BCUT2D eigenvalue weighted by atomic mass is 9.59. The summed E-state index contributed by atoms with van der Waals surface area (Å²) in [6, 6.07) is 2.45. The van der Waals surface area contributed by atoms with Gasteiger partial charge in [0, 0.05) is 0 Å². The summed E-state index contributed by atoms with van der Waals surface area (Å²) in [5.41, 5.74) is -0.432. The first-order valence-corrected chi connectivity index (χ1v) is 7.12. The van der Waals surface area contributed by atoms with E-state index in [1.807, 2.05) is 20.8 Å². The van der Waals surface area contributed by atoms with Crippen LogP contribution in [0.1, 0.15) is 67.2 Å². The molecule has 0 bridgehead atoms. The molecule has 1 fully saturated rings. The third-order valence-corrected chi connectivity index (χ3v) is 4.67. The van der Waals surface area contributed by atoms with E-state index in [4.69, 9.17) is 0 Å². The van der Waals surface area contributed by atoms with Crippen LogP contribution in [0.2, 0.25) is 0 Å². The van der Waals surface area contributed by atoms with Gasteiger partial charge in [0.15, 0.2) is 0 Å². The zero-order valence-electron chi connectivity index (χ0n) is 12.9. The van der Waals surface area contributed by atoms with Gasteiger partial charge in [-0.1, -0.05) is 41.5 Å². The van der Waals surface area contributed by atoms with E-state index in [1.165, 1.54) is 0 Å². The van der Waals surface area contributed by atoms with Crippen LogP contribution in [-0.4, -0.2) is 11.2 Å². The summed E-state index contributed by atoms with van der Waals surface area (Å²) in [5, 5.41) is 20.1. The van der Waals surface area contributed by atoms with Gasteiger partial charge in [-0.3, -0.25) is 0 Å². The lowest BCUT2D eigenvalue weighted by Crippen LogP contribution is -2.46. The molecule has 1 saturated carbocycles. The molecule has 18 heavy (non-hydrogen) atoms. The lowest BCUT2D eigenvalue weighted by molar-refractivity contribution is -0.0522. The molecule has 0 amide bonds. The summed E-state index contributed by atoms with van der Waals surface area (Å²) < 4.78 is 0. The van der Waals surface area contributed by atoms with Gasteiger partial charge in [0.1, 0.15) is 0 Å². The van der Waals surface area contributed by atoms with Gasteiger partial charge in [-0.05, 0) is 42.4 Å². The fourth-order valence-electron chi connectivity index (χ4n) is 3.27. The number of hydrogen-bond acceptors (Lipinski definition) is 2. The fourth-order valence-corrected chi connectivity index (χ4v) is 3.27. The number of nitrogens with zero attached hydrogens (tertiary/aromatic N) is 1. The molecular weight excluding hydrogens is 222 g/mol. The van der Waals surface area contributed by atoms with Gasteiger partial charge in [0.2, 0.25) is 0 Å². The SMILES string of the molecule is CC(C)(C)C1CCC(C#N)(C(O)C(C)(C)C)CC1. The second-order valence-electron chi connectivity index (χ2n) is 8.18. The minimum absolute atomic E-state index is 0.218. The van der Waals surface area contributed by atoms with Crippen LogP contribution < -0.4 is 0 Å². The summed E-state index contributed by atoms with van der Waals surface area (Å²) in [5.74, 6) is 0.672. The van der Waals surface area contributed by atoms with Crippen LogP contribution >= 0.6 is 0 Å². The predicted molar refractivity (Wildman–Crippen MR) is 74.9 cm³/mol. The first-order chi connectivity index (χ1) is 8.03. The molecule has 104 valence electrons. The molecule has 2 nitrogen and oxygen atoms in total. The van der Waals surface area contributed by atoms with Gasteiger partial charge < -0.3 is 5.11 Å². The van der Waals surface area contributed by atoms with E-state index in [0.717, 1.165) is 25.7 Å². The Morgan fingerprint density at radius 1 is 1.11 bits per heavy atom. The maximum atomic E-state index is 10.5. The minimum Gasteiger partial charge on any atom is -0.391 e. The monoisotopic (exact) mass is 251 g/mol. The number of aliphatic hydroxyl groups is 1. The van der Waals surface area contributed by atoms with E-state index in [1.54, 1.807) is 0 Å². The van der Waals surface area contributed by atoms with Crippen molar-refractivity contribution in [3.8, 4) is 6.07 Å². The normalized spacial score (nSPS) is 31.8. The molecule has 1 unspecified atom stereocenters. The van der Waals surface area contributed by atoms with Gasteiger partial charge >= 0.3 is 0 Å². The maximum Gasteiger partial charge on any atom is 0.0837 e. The topological polar surface area (TPSA) is 44.0 Å². The highest BCUT2D eigenvalue weighted by Gasteiger charge is 2.47. The maximum absolute atomic E-state index is 10.5. The number of hydrogen-bond donors (Lipinski definition) is 1. The van der Waals surface area contributed by atoms with Crippen molar-refractivity contribution in [2.24, 2.45) is 22.2 Å². The van der Waals surface area contributed by atoms with E-state index in [0.29, 0.717) is 11.3 Å². The average molecular weight is 251 g/mol. The van der Waals surface area contributed by atoms with Crippen LogP contribution in [0.5, 0.6) is 0 Å². The minimum atomic E-state index is -0.532. The van der Waals surface area contributed by atoms with Crippen LogP contribution in [0.3, 0.4) is 0 Å². The Balaban J connectivity index is 2.82. The summed E-state index contributed by atoms with van der Waals surface area (Å²) in [6.07, 6.45) is 3.26. The van der Waals surface area contributed by atoms with Crippen molar-refractivity contribution in [1.29, 1.82) is 5.26 Å². The van der Waals surface area contributed by atoms with Crippen molar-refractivity contribution in [2.45, 2.75) is 73.3 Å². The molecule has 0 saturated heterocycles. The van der Waals surface area contributed by atoms with Gasteiger partial charge in [-0.2, -0.15) is 5.26 Å². The number of nitriles is 1. The molecule has 1 aliphatic rings. The first-order valence-electron chi connectivity index (χ1n) is 7.12. The van der Waals surface area contributed by atoms with Crippen molar-refractivity contribution in [3.63, 3.8) is 0 Å².